The Morgan fingerprint density at radius 2 is 1.53 bits per heavy atom. The average molecular weight is 446 g/mol. The number of carbonyl (C=O) groups excluding carboxylic acids is 1. The van der Waals surface area contributed by atoms with Crippen LogP contribution >= 0.6 is 0 Å². The molecule has 1 fully saturated rings. The number of nitrogens with one attached hydrogen (secondary N) is 2. The fraction of sp³-hybridized carbons (Fsp3) is 0.316. The van der Waals surface area contributed by atoms with Gasteiger partial charge in [-0.2, -0.15) is 0 Å². The van der Waals surface area contributed by atoms with Gasteiger partial charge in [-0.05, 0) is 43.9 Å². The lowest BCUT2D eigenvalue weighted by Gasteiger charge is -2.26. The van der Waals surface area contributed by atoms with Crippen molar-refractivity contribution in [1.29, 1.82) is 0 Å². The van der Waals surface area contributed by atoms with Gasteiger partial charge in [0.25, 0.3) is 5.91 Å². The molecule has 1 aliphatic rings. The van der Waals surface area contributed by atoms with Gasteiger partial charge < -0.3 is 10.4 Å². The van der Waals surface area contributed by atoms with Gasteiger partial charge in [0.05, 0.1) is 6.10 Å². The summed E-state index contributed by atoms with van der Waals surface area (Å²) in [4.78, 5) is 11.6. The summed E-state index contributed by atoms with van der Waals surface area (Å²) >= 11 is 0. The monoisotopic (exact) mass is 446 g/mol. The van der Waals surface area contributed by atoms with Crippen molar-refractivity contribution in [2.45, 2.75) is 42.7 Å². The molecule has 0 unspecified atom stereocenters. The molecular weight excluding hydrogens is 428 g/mol. The van der Waals surface area contributed by atoms with Gasteiger partial charge in [0.1, 0.15) is 10.7 Å². The summed E-state index contributed by atoms with van der Waals surface area (Å²) in [6.07, 6.45) is 1.07. The lowest BCUT2D eigenvalue weighted by molar-refractivity contribution is 0.102. The minimum Gasteiger partial charge on any atom is -0.393 e. The first kappa shape index (κ1) is 22.2. The zero-order valence-electron chi connectivity index (χ0n) is 15.5. The number of amides is 1. The molecule has 0 radical (unpaired) electrons. The fourth-order valence-electron chi connectivity index (χ4n) is 3.16. The van der Waals surface area contributed by atoms with Crippen LogP contribution in [0.3, 0.4) is 0 Å². The number of carbonyl (C=O) groups is 1. The molecule has 0 atom stereocenters. The quantitative estimate of drug-likeness (QED) is 0.486. The van der Waals surface area contributed by atoms with Gasteiger partial charge in [0.2, 0.25) is 10.0 Å². The summed E-state index contributed by atoms with van der Waals surface area (Å²) in [7, 11) is -4.31. The second kappa shape index (κ2) is 8.70. The van der Waals surface area contributed by atoms with E-state index < -0.39 is 61.9 Å². The van der Waals surface area contributed by atoms with E-state index in [1.54, 1.807) is 0 Å². The van der Waals surface area contributed by atoms with E-state index in [1.165, 1.54) is 0 Å². The molecule has 0 heterocycles. The third-order valence-electron chi connectivity index (χ3n) is 4.74. The highest BCUT2D eigenvalue weighted by molar-refractivity contribution is 7.89. The van der Waals surface area contributed by atoms with Gasteiger partial charge in [-0.1, -0.05) is 0 Å². The molecule has 2 aromatic rings. The topological polar surface area (TPSA) is 95.5 Å². The summed E-state index contributed by atoms with van der Waals surface area (Å²) in [5.74, 6) is -6.81. The number of benzene rings is 2. The van der Waals surface area contributed by atoms with Crippen LogP contribution in [-0.4, -0.2) is 31.6 Å². The molecule has 1 aliphatic carbocycles. The summed E-state index contributed by atoms with van der Waals surface area (Å²) in [6, 6.07) is 3.19. The number of sulfonamides is 1. The zero-order valence-corrected chi connectivity index (χ0v) is 16.3. The highest BCUT2D eigenvalue weighted by Crippen LogP contribution is 2.23. The lowest BCUT2D eigenvalue weighted by Crippen LogP contribution is -2.38. The zero-order chi connectivity index (χ0) is 22.1. The molecule has 0 aliphatic heterocycles. The van der Waals surface area contributed by atoms with Crippen molar-refractivity contribution in [3.8, 4) is 0 Å². The van der Waals surface area contributed by atoms with Gasteiger partial charge in [0.15, 0.2) is 17.5 Å². The Labute approximate surface area is 170 Å². The Bertz CT molecular complexity index is 1050. The van der Waals surface area contributed by atoms with Crippen molar-refractivity contribution < 1.29 is 35.9 Å². The molecule has 3 rings (SSSR count). The van der Waals surface area contributed by atoms with Crippen molar-refractivity contribution in [2.75, 3.05) is 5.32 Å². The Morgan fingerprint density at radius 1 is 0.933 bits per heavy atom. The predicted octanol–water partition coefficient (Wildman–Crippen LogP) is 3.08. The molecule has 2 aromatic carbocycles. The number of aliphatic hydroxyl groups is 1. The van der Waals surface area contributed by atoms with Crippen LogP contribution in [-0.2, 0) is 10.0 Å². The molecule has 11 heteroatoms. The standard InChI is InChI=1S/C19H18F4N2O4S/c20-14-6-1-10(19(27)24-12-8-15(21)18(23)16(22)9-12)7-17(14)30(28,29)25-11-2-4-13(26)5-3-11/h1,6-9,11,13,25-26H,2-5H2,(H,24,27). The molecule has 0 saturated heterocycles. The van der Waals surface area contributed by atoms with E-state index >= 15 is 0 Å². The van der Waals surface area contributed by atoms with Crippen LogP contribution in [0.15, 0.2) is 35.2 Å². The maximum Gasteiger partial charge on any atom is 0.255 e. The Kier molecular flexibility index (Phi) is 6.44. The van der Waals surface area contributed by atoms with Gasteiger partial charge >= 0.3 is 0 Å². The van der Waals surface area contributed by atoms with E-state index in [0.717, 1.165) is 18.2 Å². The third-order valence-corrected chi connectivity index (χ3v) is 6.28. The number of halogens is 4. The normalized spacial score (nSPS) is 19.5. The third kappa shape index (κ3) is 4.97. The molecule has 0 spiro atoms. The second-order valence-electron chi connectivity index (χ2n) is 6.98. The number of rotatable bonds is 5. The number of aliphatic hydroxyl groups excluding tert-OH is 1. The lowest BCUT2D eigenvalue weighted by atomic mass is 9.94. The first-order valence-corrected chi connectivity index (χ1v) is 10.5. The highest BCUT2D eigenvalue weighted by Gasteiger charge is 2.27. The van der Waals surface area contributed by atoms with Crippen LogP contribution in [0.25, 0.3) is 0 Å². The Morgan fingerprint density at radius 3 is 2.13 bits per heavy atom. The number of hydrogen-bond donors (Lipinski definition) is 3. The largest absolute Gasteiger partial charge is 0.393 e. The molecule has 3 N–H and O–H groups in total. The molecule has 6 nitrogen and oxygen atoms in total. The molecular formula is C19H18F4N2O4S. The summed E-state index contributed by atoms with van der Waals surface area (Å²) < 4.78 is 81.3. The minimum atomic E-state index is -4.31. The fourth-order valence-corrected chi connectivity index (χ4v) is 4.57. The summed E-state index contributed by atoms with van der Waals surface area (Å²) in [6.45, 7) is 0. The highest BCUT2D eigenvalue weighted by atomic mass is 32.2. The molecule has 30 heavy (non-hydrogen) atoms. The summed E-state index contributed by atoms with van der Waals surface area (Å²) in [5, 5.41) is 11.6. The van der Waals surface area contributed by atoms with Crippen molar-refractivity contribution in [1.82, 2.24) is 4.72 Å². The maximum absolute atomic E-state index is 14.2. The Hall–Kier alpha value is -2.50. The molecule has 162 valence electrons. The van der Waals surface area contributed by atoms with E-state index in [2.05, 4.69) is 10.0 Å². The van der Waals surface area contributed by atoms with Crippen LogP contribution in [0.1, 0.15) is 36.0 Å². The second-order valence-corrected chi connectivity index (χ2v) is 8.66. The maximum atomic E-state index is 14.2. The van der Waals surface area contributed by atoms with Crippen LogP contribution < -0.4 is 10.0 Å². The van der Waals surface area contributed by atoms with E-state index in [-0.39, 0.29) is 5.56 Å². The van der Waals surface area contributed by atoms with Crippen molar-refractivity contribution in [2.24, 2.45) is 0 Å². The van der Waals surface area contributed by atoms with Gasteiger partial charge in [-0.15, -0.1) is 0 Å². The Balaban J connectivity index is 1.81. The predicted molar refractivity (Wildman–Crippen MR) is 99.3 cm³/mol. The van der Waals surface area contributed by atoms with Gasteiger partial charge in [0, 0.05) is 29.4 Å². The molecule has 0 aromatic heterocycles. The average Bonchev–Trinajstić information content (AvgIpc) is 2.67. The van der Waals surface area contributed by atoms with E-state index in [4.69, 9.17) is 0 Å². The van der Waals surface area contributed by atoms with Crippen LogP contribution in [0, 0.1) is 23.3 Å². The van der Waals surface area contributed by atoms with E-state index in [0.29, 0.717) is 37.8 Å². The SMILES string of the molecule is O=C(Nc1cc(F)c(F)c(F)c1)c1ccc(F)c(S(=O)(=O)NC2CCC(O)CC2)c1. The van der Waals surface area contributed by atoms with E-state index in [9.17, 15) is 35.9 Å². The molecule has 1 saturated carbocycles. The first-order chi connectivity index (χ1) is 14.1. The molecule has 1 amide bonds. The van der Waals surface area contributed by atoms with Crippen LogP contribution in [0.4, 0.5) is 23.2 Å². The molecule has 0 bridgehead atoms. The van der Waals surface area contributed by atoms with E-state index in [1.807, 2.05) is 0 Å². The van der Waals surface area contributed by atoms with Crippen LogP contribution in [0.2, 0.25) is 0 Å². The van der Waals surface area contributed by atoms with Gasteiger partial charge in [-0.25, -0.2) is 30.7 Å². The van der Waals surface area contributed by atoms with Gasteiger partial charge in [-0.3, -0.25) is 4.79 Å². The van der Waals surface area contributed by atoms with Crippen molar-refractivity contribution in [3.05, 3.63) is 59.2 Å². The number of hydrogen-bond acceptors (Lipinski definition) is 4. The van der Waals surface area contributed by atoms with Crippen molar-refractivity contribution in [3.63, 3.8) is 0 Å². The summed E-state index contributed by atoms with van der Waals surface area (Å²) in [5.41, 5.74) is -0.690. The van der Waals surface area contributed by atoms with Crippen molar-refractivity contribution >= 4 is 21.6 Å². The minimum absolute atomic E-state index is 0.291. The number of anilines is 1. The smallest absolute Gasteiger partial charge is 0.255 e. The first-order valence-electron chi connectivity index (χ1n) is 9.02. The van der Waals surface area contributed by atoms with Crippen LogP contribution in [0.5, 0.6) is 0 Å².